The maximum Gasteiger partial charge on any atom is 0.145 e. The fourth-order valence-corrected chi connectivity index (χ4v) is 3.97. The highest BCUT2D eigenvalue weighted by molar-refractivity contribution is 5.77. The molecule has 3 heteroatoms. The molecule has 1 N–H and O–H groups in total. The molecular weight excluding hydrogens is 246 g/mol. The van der Waals surface area contributed by atoms with Crippen LogP contribution in [0.2, 0.25) is 0 Å². The standard InChI is InChI=1S/C17H21N3/c1-11-7-14-15(8-12(11)2)19-16(10-18-14)20-17-5-3-13(9-17)4-6-17/h7-8,10,13H,3-6,9H2,1-2H3,(H,19,20). The van der Waals surface area contributed by atoms with E-state index in [1.807, 2.05) is 6.20 Å². The first-order chi connectivity index (χ1) is 9.63. The average molecular weight is 267 g/mol. The van der Waals surface area contributed by atoms with Crippen LogP contribution >= 0.6 is 0 Å². The van der Waals surface area contributed by atoms with Crippen molar-refractivity contribution in [3.8, 4) is 0 Å². The van der Waals surface area contributed by atoms with Gasteiger partial charge in [0.05, 0.1) is 17.2 Å². The van der Waals surface area contributed by atoms with Gasteiger partial charge in [-0.1, -0.05) is 0 Å². The molecule has 4 rings (SSSR count). The quantitative estimate of drug-likeness (QED) is 0.894. The van der Waals surface area contributed by atoms with Crippen LogP contribution in [0, 0.1) is 19.8 Å². The zero-order valence-electron chi connectivity index (χ0n) is 12.2. The third kappa shape index (κ3) is 1.88. The van der Waals surface area contributed by atoms with Crippen LogP contribution in [0.3, 0.4) is 0 Å². The Balaban J connectivity index is 1.69. The minimum Gasteiger partial charge on any atom is -0.363 e. The van der Waals surface area contributed by atoms with Gasteiger partial charge >= 0.3 is 0 Å². The predicted molar refractivity (Wildman–Crippen MR) is 81.9 cm³/mol. The van der Waals surface area contributed by atoms with Gasteiger partial charge in [0, 0.05) is 5.54 Å². The van der Waals surface area contributed by atoms with Crippen molar-refractivity contribution in [2.24, 2.45) is 5.92 Å². The van der Waals surface area contributed by atoms with Crippen LogP contribution in [-0.2, 0) is 0 Å². The van der Waals surface area contributed by atoms with Crippen LogP contribution in [0.4, 0.5) is 5.82 Å². The molecular formula is C17H21N3. The summed E-state index contributed by atoms with van der Waals surface area (Å²) in [6, 6.07) is 4.27. The van der Waals surface area contributed by atoms with Crippen LogP contribution < -0.4 is 5.32 Å². The lowest BCUT2D eigenvalue weighted by molar-refractivity contribution is 0.446. The molecule has 0 radical (unpaired) electrons. The van der Waals surface area contributed by atoms with Gasteiger partial charge in [-0.2, -0.15) is 0 Å². The fraction of sp³-hybridized carbons (Fsp3) is 0.529. The van der Waals surface area contributed by atoms with Crippen LogP contribution in [0.1, 0.15) is 43.2 Å². The number of benzene rings is 1. The fourth-order valence-electron chi connectivity index (χ4n) is 3.97. The number of nitrogens with one attached hydrogen (secondary N) is 1. The first-order valence-corrected chi connectivity index (χ1v) is 7.66. The van der Waals surface area contributed by atoms with Crippen molar-refractivity contribution in [1.29, 1.82) is 0 Å². The largest absolute Gasteiger partial charge is 0.363 e. The molecule has 2 saturated carbocycles. The summed E-state index contributed by atoms with van der Waals surface area (Å²) in [5.74, 6) is 1.89. The summed E-state index contributed by atoms with van der Waals surface area (Å²) in [6.45, 7) is 4.26. The first-order valence-electron chi connectivity index (χ1n) is 7.66. The predicted octanol–water partition coefficient (Wildman–Crippen LogP) is 3.99. The summed E-state index contributed by atoms with van der Waals surface area (Å²) in [5.41, 5.74) is 4.87. The van der Waals surface area contributed by atoms with Gasteiger partial charge in [0.2, 0.25) is 0 Å². The van der Waals surface area contributed by atoms with E-state index in [4.69, 9.17) is 4.98 Å². The Morgan fingerprint density at radius 3 is 2.45 bits per heavy atom. The van der Waals surface area contributed by atoms with Gasteiger partial charge in [-0.15, -0.1) is 0 Å². The van der Waals surface area contributed by atoms with Crippen molar-refractivity contribution in [3.05, 3.63) is 29.5 Å². The highest BCUT2D eigenvalue weighted by atomic mass is 15.1. The van der Waals surface area contributed by atoms with Gasteiger partial charge in [0.1, 0.15) is 5.82 Å². The maximum atomic E-state index is 4.78. The molecule has 0 saturated heterocycles. The molecule has 2 aliphatic rings. The second-order valence-corrected chi connectivity index (χ2v) is 6.73. The van der Waals surface area contributed by atoms with E-state index in [1.165, 1.54) is 43.2 Å². The molecule has 1 aromatic heterocycles. The second-order valence-electron chi connectivity index (χ2n) is 6.73. The molecule has 2 fully saturated rings. The molecule has 2 aliphatic carbocycles. The summed E-state index contributed by atoms with van der Waals surface area (Å²) < 4.78 is 0. The lowest BCUT2D eigenvalue weighted by atomic mass is 9.94. The summed E-state index contributed by atoms with van der Waals surface area (Å²) >= 11 is 0. The Labute approximate surface area is 119 Å². The Kier molecular flexibility index (Phi) is 2.53. The monoisotopic (exact) mass is 267 g/mol. The molecule has 0 spiro atoms. The SMILES string of the molecule is Cc1cc2ncc(NC34CCC(CC3)C4)nc2cc1C. The third-order valence-corrected chi connectivity index (χ3v) is 5.29. The average Bonchev–Trinajstić information content (AvgIpc) is 3.00. The summed E-state index contributed by atoms with van der Waals surface area (Å²) in [4.78, 5) is 9.36. The Hall–Kier alpha value is -1.64. The van der Waals surface area contributed by atoms with E-state index in [1.54, 1.807) is 0 Å². The number of aromatic nitrogens is 2. The molecule has 1 aromatic carbocycles. The molecule has 20 heavy (non-hydrogen) atoms. The van der Waals surface area contributed by atoms with E-state index in [-0.39, 0.29) is 0 Å². The molecule has 2 bridgehead atoms. The molecule has 104 valence electrons. The number of fused-ring (bicyclic) bond motifs is 3. The molecule has 0 aliphatic heterocycles. The third-order valence-electron chi connectivity index (χ3n) is 5.29. The molecule has 0 amide bonds. The van der Waals surface area contributed by atoms with Crippen molar-refractivity contribution >= 4 is 16.9 Å². The van der Waals surface area contributed by atoms with Gasteiger partial charge in [0.25, 0.3) is 0 Å². The van der Waals surface area contributed by atoms with Crippen LogP contribution in [0.5, 0.6) is 0 Å². The summed E-state index contributed by atoms with van der Waals surface area (Å²) in [5, 5.41) is 3.70. The second kappa shape index (κ2) is 4.18. The lowest BCUT2D eigenvalue weighted by Gasteiger charge is -2.28. The van der Waals surface area contributed by atoms with Gasteiger partial charge in [-0.25, -0.2) is 4.98 Å². The van der Waals surface area contributed by atoms with Gasteiger partial charge in [0.15, 0.2) is 0 Å². The zero-order valence-corrected chi connectivity index (χ0v) is 12.2. The number of aryl methyl sites for hydroxylation is 2. The Morgan fingerprint density at radius 1 is 1.10 bits per heavy atom. The number of hydrogen-bond acceptors (Lipinski definition) is 3. The lowest BCUT2D eigenvalue weighted by Crippen LogP contribution is -2.33. The number of anilines is 1. The van der Waals surface area contributed by atoms with E-state index < -0.39 is 0 Å². The first kappa shape index (κ1) is 12.1. The number of rotatable bonds is 2. The molecule has 0 unspecified atom stereocenters. The zero-order chi connectivity index (χ0) is 13.7. The summed E-state index contributed by atoms with van der Waals surface area (Å²) in [6.07, 6.45) is 8.57. The minimum absolute atomic E-state index is 0.312. The number of nitrogens with zero attached hydrogens (tertiary/aromatic N) is 2. The van der Waals surface area contributed by atoms with E-state index in [0.29, 0.717) is 5.54 Å². The van der Waals surface area contributed by atoms with Gasteiger partial charge in [-0.05, 0) is 75.1 Å². The summed E-state index contributed by atoms with van der Waals surface area (Å²) in [7, 11) is 0. The highest BCUT2D eigenvalue weighted by Gasteiger charge is 2.44. The maximum absolute atomic E-state index is 4.78. The van der Waals surface area contributed by atoms with Crippen molar-refractivity contribution in [2.75, 3.05) is 5.32 Å². The highest BCUT2D eigenvalue weighted by Crippen LogP contribution is 2.49. The Morgan fingerprint density at radius 2 is 1.80 bits per heavy atom. The van der Waals surface area contributed by atoms with E-state index >= 15 is 0 Å². The molecule has 3 nitrogen and oxygen atoms in total. The van der Waals surface area contributed by atoms with Gasteiger partial charge in [-0.3, -0.25) is 4.98 Å². The molecule has 0 atom stereocenters. The van der Waals surface area contributed by atoms with Crippen molar-refractivity contribution in [2.45, 2.75) is 51.5 Å². The van der Waals surface area contributed by atoms with E-state index in [0.717, 1.165) is 22.8 Å². The van der Waals surface area contributed by atoms with Gasteiger partial charge < -0.3 is 5.32 Å². The van der Waals surface area contributed by atoms with Crippen molar-refractivity contribution in [1.82, 2.24) is 9.97 Å². The molecule has 2 aromatic rings. The van der Waals surface area contributed by atoms with Crippen LogP contribution in [-0.4, -0.2) is 15.5 Å². The molecule has 1 heterocycles. The minimum atomic E-state index is 0.312. The van der Waals surface area contributed by atoms with Crippen LogP contribution in [0.15, 0.2) is 18.3 Å². The van der Waals surface area contributed by atoms with E-state index in [9.17, 15) is 0 Å². The smallest absolute Gasteiger partial charge is 0.145 e. The normalized spacial score (nSPS) is 28.2. The van der Waals surface area contributed by atoms with Crippen LogP contribution in [0.25, 0.3) is 11.0 Å². The number of hydrogen-bond donors (Lipinski definition) is 1. The van der Waals surface area contributed by atoms with E-state index in [2.05, 4.69) is 36.3 Å². The Bertz CT molecular complexity index is 669. The topological polar surface area (TPSA) is 37.8 Å². The van der Waals surface area contributed by atoms with Crippen molar-refractivity contribution < 1.29 is 0 Å². The van der Waals surface area contributed by atoms with Crippen molar-refractivity contribution in [3.63, 3.8) is 0 Å².